The number of ketones is 1. The Bertz CT molecular complexity index is 487. The van der Waals surface area contributed by atoms with Crippen LogP contribution in [0.15, 0.2) is 10.8 Å². The average molecular weight is 238 g/mol. The average Bonchev–Trinajstić information content (AvgIpc) is 2.75. The van der Waals surface area contributed by atoms with E-state index in [2.05, 4.69) is 9.97 Å². The zero-order valence-electron chi connectivity index (χ0n) is 8.48. The molecule has 0 aliphatic rings. The van der Waals surface area contributed by atoms with Crippen LogP contribution in [-0.4, -0.2) is 15.8 Å². The van der Waals surface area contributed by atoms with Crippen LogP contribution >= 0.6 is 22.7 Å². The molecule has 2 aromatic heterocycles. The maximum atomic E-state index is 11.7. The zero-order chi connectivity index (χ0) is 10.8. The second-order valence-electron chi connectivity index (χ2n) is 3.23. The number of carbonyl (C=O) groups excluding carboxylic acids is 1. The molecule has 0 amide bonds. The lowest BCUT2D eigenvalue weighted by Gasteiger charge is -1.92. The molecule has 0 fully saturated rings. The molecule has 78 valence electrons. The third kappa shape index (κ3) is 2.49. The van der Waals surface area contributed by atoms with E-state index in [1.807, 2.05) is 19.2 Å². The van der Waals surface area contributed by atoms with E-state index in [1.165, 1.54) is 22.7 Å². The standard InChI is InChI=1S/C10H10N2OS2/c1-6-4-15-10(11-6)3-9(13)8-5-14-7(2)12-8/h4-5H,3H2,1-2H3. The molecule has 0 saturated carbocycles. The molecule has 0 aromatic carbocycles. The molecular weight excluding hydrogens is 228 g/mol. The van der Waals surface area contributed by atoms with E-state index in [0.29, 0.717) is 12.1 Å². The SMILES string of the molecule is Cc1csc(CC(=O)c2csc(C)n2)n1. The van der Waals surface area contributed by atoms with Crippen molar-refractivity contribution in [3.8, 4) is 0 Å². The number of carbonyl (C=O) groups is 1. The second kappa shape index (κ2) is 4.20. The third-order valence-corrected chi connectivity index (χ3v) is 3.62. The summed E-state index contributed by atoms with van der Waals surface area (Å²) < 4.78 is 0. The molecular formula is C10H10N2OS2. The van der Waals surface area contributed by atoms with E-state index in [9.17, 15) is 4.79 Å². The van der Waals surface area contributed by atoms with Gasteiger partial charge < -0.3 is 0 Å². The van der Waals surface area contributed by atoms with E-state index in [-0.39, 0.29) is 5.78 Å². The molecule has 0 atom stereocenters. The molecule has 5 heteroatoms. The lowest BCUT2D eigenvalue weighted by molar-refractivity contribution is 0.0988. The Labute approximate surface area is 95.8 Å². The Morgan fingerprint density at radius 1 is 1.27 bits per heavy atom. The number of nitrogens with zero attached hydrogens (tertiary/aromatic N) is 2. The number of rotatable bonds is 3. The van der Waals surface area contributed by atoms with Crippen molar-refractivity contribution in [2.75, 3.05) is 0 Å². The minimum Gasteiger partial charge on any atom is -0.292 e. The van der Waals surface area contributed by atoms with E-state index in [0.717, 1.165) is 15.7 Å². The van der Waals surface area contributed by atoms with Gasteiger partial charge in [-0.1, -0.05) is 0 Å². The van der Waals surface area contributed by atoms with Crippen LogP contribution in [0.2, 0.25) is 0 Å². The number of thiazole rings is 2. The van der Waals surface area contributed by atoms with Crippen molar-refractivity contribution in [1.82, 2.24) is 9.97 Å². The van der Waals surface area contributed by atoms with Crippen molar-refractivity contribution in [3.63, 3.8) is 0 Å². The Kier molecular flexibility index (Phi) is 2.93. The first-order chi connectivity index (χ1) is 7.15. The van der Waals surface area contributed by atoms with Crippen LogP contribution in [0.1, 0.15) is 26.2 Å². The highest BCUT2D eigenvalue weighted by molar-refractivity contribution is 7.10. The first-order valence-corrected chi connectivity index (χ1v) is 6.27. The van der Waals surface area contributed by atoms with Gasteiger partial charge in [0.1, 0.15) is 10.7 Å². The molecule has 0 saturated heterocycles. The summed E-state index contributed by atoms with van der Waals surface area (Å²) in [4.78, 5) is 20.2. The molecule has 2 heterocycles. The molecule has 0 aliphatic heterocycles. The zero-order valence-corrected chi connectivity index (χ0v) is 10.1. The summed E-state index contributed by atoms with van der Waals surface area (Å²) in [6.07, 6.45) is 0.363. The third-order valence-electron chi connectivity index (χ3n) is 1.88. The van der Waals surface area contributed by atoms with Crippen LogP contribution in [0.4, 0.5) is 0 Å². The molecule has 0 N–H and O–H groups in total. The number of hydrogen-bond donors (Lipinski definition) is 0. The molecule has 0 bridgehead atoms. The predicted molar refractivity (Wildman–Crippen MR) is 61.7 cm³/mol. The Balaban J connectivity index is 2.10. The smallest absolute Gasteiger partial charge is 0.188 e. The summed E-state index contributed by atoms with van der Waals surface area (Å²) in [7, 11) is 0. The largest absolute Gasteiger partial charge is 0.292 e. The monoisotopic (exact) mass is 238 g/mol. The number of Topliss-reactive ketones (excluding diaryl/α,β-unsaturated/α-hetero) is 1. The van der Waals surface area contributed by atoms with Crippen LogP contribution in [0, 0.1) is 13.8 Å². The van der Waals surface area contributed by atoms with E-state index < -0.39 is 0 Å². The lowest BCUT2D eigenvalue weighted by atomic mass is 10.2. The van der Waals surface area contributed by atoms with Gasteiger partial charge in [0.2, 0.25) is 0 Å². The summed E-state index contributed by atoms with van der Waals surface area (Å²) in [5.74, 6) is 0.0497. The molecule has 0 aliphatic carbocycles. The second-order valence-corrected chi connectivity index (χ2v) is 5.24. The Morgan fingerprint density at radius 3 is 2.60 bits per heavy atom. The molecule has 0 radical (unpaired) electrons. The molecule has 0 spiro atoms. The van der Waals surface area contributed by atoms with E-state index in [1.54, 1.807) is 5.38 Å². The van der Waals surface area contributed by atoms with Gasteiger partial charge in [-0.2, -0.15) is 0 Å². The predicted octanol–water partition coefficient (Wildman–Crippen LogP) is 2.64. The van der Waals surface area contributed by atoms with Crippen molar-refractivity contribution in [2.24, 2.45) is 0 Å². The van der Waals surface area contributed by atoms with Gasteiger partial charge in [0.05, 0.1) is 11.4 Å². The maximum absolute atomic E-state index is 11.7. The van der Waals surface area contributed by atoms with Gasteiger partial charge in [0, 0.05) is 16.5 Å². The lowest BCUT2D eigenvalue weighted by Crippen LogP contribution is -2.03. The molecule has 15 heavy (non-hydrogen) atoms. The summed E-state index contributed by atoms with van der Waals surface area (Å²) in [5, 5.41) is 5.55. The van der Waals surface area contributed by atoms with Crippen LogP contribution < -0.4 is 0 Å². The first kappa shape index (κ1) is 10.4. The highest BCUT2D eigenvalue weighted by Crippen LogP contribution is 2.14. The van der Waals surface area contributed by atoms with Crippen molar-refractivity contribution in [1.29, 1.82) is 0 Å². The van der Waals surface area contributed by atoms with Gasteiger partial charge in [0.25, 0.3) is 0 Å². The molecule has 2 aromatic rings. The van der Waals surface area contributed by atoms with Crippen molar-refractivity contribution >= 4 is 28.5 Å². The van der Waals surface area contributed by atoms with Gasteiger partial charge in [-0.3, -0.25) is 4.79 Å². The Morgan fingerprint density at radius 2 is 2.07 bits per heavy atom. The number of aryl methyl sites for hydroxylation is 2. The Hall–Kier alpha value is -1.07. The highest BCUT2D eigenvalue weighted by Gasteiger charge is 2.12. The van der Waals surface area contributed by atoms with E-state index in [4.69, 9.17) is 0 Å². The number of aromatic nitrogens is 2. The highest BCUT2D eigenvalue weighted by atomic mass is 32.1. The molecule has 3 nitrogen and oxygen atoms in total. The minimum absolute atomic E-state index is 0.0497. The van der Waals surface area contributed by atoms with Gasteiger partial charge in [-0.05, 0) is 13.8 Å². The fourth-order valence-electron chi connectivity index (χ4n) is 1.20. The normalized spacial score (nSPS) is 10.5. The van der Waals surface area contributed by atoms with Gasteiger partial charge in [-0.25, -0.2) is 9.97 Å². The first-order valence-electron chi connectivity index (χ1n) is 4.51. The topological polar surface area (TPSA) is 42.9 Å². The quantitative estimate of drug-likeness (QED) is 0.772. The number of hydrogen-bond acceptors (Lipinski definition) is 5. The van der Waals surface area contributed by atoms with Crippen LogP contribution in [0.3, 0.4) is 0 Å². The summed E-state index contributed by atoms with van der Waals surface area (Å²) >= 11 is 3.02. The van der Waals surface area contributed by atoms with E-state index >= 15 is 0 Å². The van der Waals surface area contributed by atoms with Crippen LogP contribution in [0.25, 0.3) is 0 Å². The van der Waals surface area contributed by atoms with Crippen molar-refractivity contribution < 1.29 is 4.79 Å². The van der Waals surface area contributed by atoms with Crippen LogP contribution in [0.5, 0.6) is 0 Å². The van der Waals surface area contributed by atoms with Gasteiger partial charge in [-0.15, -0.1) is 22.7 Å². The molecule has 0 unspecified atom stereocenters. The van der Waals surface area contributed by atoms with Crippen LogP contribution in [-0.2, 0) is 6.42 Å². The van der Waals surface area contributed by atoms with Crippen molar-refractivity contribution in [3.05, 3.63) is 32.2 Å². The van der Waals surface area contributed by atoms with Crippen molar-refractivity contribution in [2.45, 2.75) is 20.3 Å². The molecule has 2 rings (SSSR count). The van der Waals surface area contributed by atoms with Gasteiger partial charge >= 0.3 is 0 Å². The summed E-state index contributed by atoms with van der Waals surface area (Å²) in [6, 6.07) is 0. The van der Waals surface area contributed by atoms with Gasteiger partial charge in [0.15, 0.2) is 5.78 Å². The minimum atomic E-state index is 0.0497. The fraction of sp³-hybridized carbons (Fsp3) is 0.300. The summed E-state index contributed by atoms with van der Waals surface area (Å²) in [6.45, 7) is 3.83. The fourth-order valence-corrected chi connectivity index (χ4v) is 2.59. The summed E-state index contributed by atoms with van der Waals surface area (Å²) in [5.41, 5.74) is 1.53. The maximum Gasteiger partial charge on any atom is 0.188 e.